The van der Waals surface area contributed by atoms with Gasteiger partial charge >= 0.3 is 0 Å². The van der Waals surface area contributed by atoms with Crippen molar-refractivity contribution in [2.24, 2.45) is 0 Å². The van der Waals surface area contributed by atoms with Gasteiger partial charge < -0.3 is 15.4 Å². The topological polar surface area (TPSA) is 73.9 Å². The van der Waals surface area contributed by atoms with Crippen LogP contribution in [-0.2, 0) is 9.59 Å². The van der Waals surface area contributed by atoms with E-state index >= 15 is 0 Å². The molecule has 31 heavy (non-hydrogen) atoms. The molecule has 1 fully saturated rings. The fourth-order valence-corrected chi connectivity index (χ4v) is 3.85. The number of hydrogen-bond donors (Lipinski definition) is 2. The number of nitrogens with zero attached hydrogens (tertiary/aromatic N) is 2. The van der Waals surface area contributed by atoms with Gasteiger partial charge in [0.15, 0.2) is 0 Å². The van der Waals surface area contributed by atoms with Crippen LogP contribution in [0.1, 0.15) is 18.1 Å². The van der Waals surface area contributed by atoms with Crippen LogP contribution in [0.5, 0.6) is 5.75 Å². The first-order chi connectivity index (χ1) is 14.9. The third kappa shape index (κ3) is 5.83. The van der Waals surface area contributed by atoms with E-state index in [1.54, 1.807) is 7.11 Å². The van der Waals surface area contributed by atoms with Crippen LogP contribution < -0.4 is 15.4 Å². The van der Waals surface area contributed by atoms with Crippen LogP contribution in [0.3, 0.4) is 0 Å². The molecule has 0 aromatic heterocycles. The molecule has 1 atom stereocenters. The van der Waals surface area contributed by atoms with Gasteiger partial charge in [-0.1, -0.05) is 30.3 Å². The maximum Gasteiger partial charge on any atom is 0.241 e. The molecule has 0 bridgehead atoms. The zero-order valence-electron chi connectivity index (χ0n) is 18.8. The number of benzene rings is 2. The quantitative estimate of drug-likeness (QED) is 0.715. The molecule has 2 aromatic rings. The van der Waals surface area contributed by atoms with E-state index in [2.05, 4.69) is 20.4 Å². The minimum Gasteiger partial charge on any atom is -0.495 e. The molecule has 1 heterocycles. The van der Waals surface area contributed by atoms with Crippen molar-refractivity contribution in [1.82, 2.24) is 9.80 Å². The number of rotatable bonds is 7. The summed E-state index contributed by atoms with van der Waals surface area (Å²) in [6.07, 6.45) is 0. The smallest absolute Gasteiger partial charge is 0.241 e. The average Bonchev–Trinajstić information content (AvgIpc) is 2.77. The highest BCUT2D eigenvalue weighted by atomic mass is 16.5. The summed E-state index contributed by atoms with van der Waals surface area (Å²) in [6, 6.07) is 13.1. The summed E-state index contributed by atoms with van der Waals surface area (Å²) in [5, 5.41) is 6.00. The number of ether oxygens (including phenoxy) is 1. The fourth-order valence-electron chi connectivity index (χ4n) is 3.85. The molecule has 1 aliphatic rings. The minimum atomic E-state index is -0.268. The predicted octanol–water partition coefficient (Wildman–Crippen LogP) is 2.90. The van der Waals surface area contributed by atoms with E-state index in [1.807, 2.05) is 63.2 Å². The molecule has 7 heteroatoms. The van der Waals surface area contributed by atoms with Crippen molar-refractivity contribution in [3.05, 3.63) is 53.6 Å². The van der Waals surface area contributed by atoms with Gasteiger partial charge in [-0.05, 0) is 44.0 Å². The van der Waals surface area contributed by atoms with Gasteiger partial charge in [0, 0.05) is 31.9 Å². The van der Waals surface area contributed by atoms with Gasteiger partial charge in [-0.2, -0.15) is 0 Å². The maximum atomic E-state index is 12.7. The Bertz CT molecular complexity index is 903. The Hall–Kier alpha value is -2.90. The highest BCUT2D eigenvalue weighted by Crippen LogP contribution is 2.23. The van der Waals surface area contributed by atoms with Crippen molar-refractivity contribution in [2.75, 3.05) is 50.5 Å². The number of methoxy groups -OCH3 is 1. The highest BCUT2D eigenvalue weighted by molar-refractivity contribution is 5.96. The van der Waals surface area contributed by atoms with Gasteiger partial charge in [0.1, 0.15) is 5.75 Å². The van der Waals surface area contributed by atoms with E-state index in [9.17, 15) is 9.59 Å². The maximum absolute atomic E-state index is 12.7. The summed E-state index contributed by atoms with van der Waals surface area (Å²) in [4.78, 5) is 29.5. The fraction of sp³-hybridized carbons (Fsp3) is 0.417. The van der Waals surface area contributed by atoms with Crippen LogP contribution in [0.4, 0.5) is 11.4 Å². The number of para-hydroxylation sites is 3. The molecule has 7 nitrogen and oxygen atoms in total. The molecule has 0 unspecified atom stereocenters. The molecule has 1 saturated heterocycles. The van der Waals surface area contributed by atoms with Crippen LogP contribution in [0.25, 0.3) is 0 Å². The summed E-state index contributed by atoms with van der Waals surface area (Å²) < 4.78 is 5.31. The Kier molecular flexibility index (Phi) is 7.65. The molecule has 0 aliphatic carbocycles. The number of nitrogens with one attached hydrogen (secondary N) is 2. The Labute approximate surface area is 184 Å². The number of amides is 2. The van der Waals surface area contributed by atoms with E-state index in [-0.39, 0.29) is 17.9 Å². The van der Waals surface area contributed by atoms with Crippen LogP contribution in [0.2, 0.25) is 0 Å². The largest absolute Gasteiger partial charge is 0.495 e. The molecule has 0 radical (unpaired) electrons. The molecule has 2 amide bonds. The van der Waals surface area contributed by atoms with Crippen LogP contribution in [-0.4, -0.2) is 67.5 Å². The number of hydrogen-bond acceptors (Lipinski definition) is 5. The van der Waals surface area contributed by atoms with Crippen molar-refractivity contribution in [2.45, 2.75) is 26.8 Å². The van der Waals surface area contributed by atoms with E-state index in [1.165, 1.54) is 0 Å². The van der Waals surface area contributed by atoms with Crippen molar-refractivity contribution in [3.8, 4) is 5.75 Å². The molecule has 2 aromatic carbocycles. The van der Waals surface area contributed by atoms with Crippen molar-refractivity contribution >= 4 is 23.2 Å². The monoisotopic (exact) mass is 424 g/mol. The van der Waals surface area contributed by atoms with Gasteiger partial charge in [-0.15, -0.1) is 0 Å². The number of piperazine rings is 1. The second kappa shape index (κ2) is 10.4. The molecule has 2 N–H and O–H groups in total. The van der Waals surface area contributed by atoms with Crippen molar-refractivity contribution < 1.29 is 14.3 Å². The highest BCUT2D eigenvalue weighted by Gasteiger charge is 2.27. The minimum absolute atomic E-state index is 0.00665. The summed E-state index contributed by atoms with van der Waals surface area (Å²) in [7, 11) is 1.59. The lowest BCUT2D eigenvalue weighted by molar-refractivity contribution is -0.122. The number of carbonyl (C=O) groups excluding carboxylic acids is 2. The Morgan fingerprint density at radius 2 is 1.61 bits per heavy atom. The lowest BCUT2D eigenvalue weighted by Crippen LogP contribution is -2.53. The first-order valence-electron chi connectivity index (χ1n) is 10.7. The molecular formula is C24H32N4O3. The van der Waals surface area contributed by atoms with Gasteiger partial charge in [0.25, 0.3) is 0 Å². The lowest BCUT2D eigenvalue weighted by atomic mass is 10.1. The normalized spacial score (nSPS) is 15.9. The molecule has 0 saturated carbocycles. The van der Waals surface area contributed by atoms with Crippen molar-refractivity contribution in [3.63, 3.8) is 0 Å². The summed E-state index contributed by atoms with van der Waals surface area (Å²) in [5.74, 6) is 0.571. The second-order valence-corrected chi connectivity index (χ2v) is 7.99. The molecule has 3 rings (SSSR count). The SMILES string of the molecule is COc1ccccc1NC(=O)[C@H](C)N1CCN(CC(=O)Nc2c(C)cccc2C)CC1. The standard InChI is InChI=1S/C24H32N4O3/c1-17-8-7-9-18(2)23(17)26-22(29)16-27-12-14-28(15-13-27)19(3)24(30)25-20-10-5-6-11-21(20)31-4/h5-11,19H,12-16H2,1-4H3,(H,25,30)(H,26,29)/t19-/m0/s1. The van der Waals surface area contributed by atoms with Gasteiger partial charge in [-0.25, -0.2) is 0 Å². The Balaban J connectivity index is 1.48. The van der Waals surface area contributed by atoms with E-state index in [4.69, 9.17) is 4.74 Å². The van der Waals surface area contributed by atoms with Crippen LogP contribution in [0.15, 0.2) is 42.5 Å². The Morgan fingerprint density at radius 1 is 0.968 bits per heavy atom. The summed E-state index contributed by atoms with van der Waals surface area (Å²) >= 11 is 0. The van der Waals surface area contributed by atoms with Gasteiger partial charge in [0.05, 0.1) is 25.4 Å². The zero-order chi connectivity index (χ0) is 22.4. The van der Waals surface area contributed by atoms with E-state index < -0.39 is 0 Å². The van der Waals surface area contributed by atoms with Crippen LogP contribution in [0, 0.1) is 13.8 Å². The third-order valence-corrected chi connectivity index (χ3v) is 5.81. The number of anilines is 2. The average molecular weight is 425 g/mol. The molecular weight excluding hydrogens is 392 g/mol. The summed E-state index contributed by atoms with van der Waals surface area (Å²) in [6.45, 7) is 9.21. The lowest BCUT2D eigenvalue weighted by Gasteiger charge is -2.37. The first kappa shape index (κ1) is 22.8. The van der Waals surface area contributed by atoms with Gasteiger partial charge in [-0.3, -0.25) is 19.4 Å². The van der Waals surface area contributed by atoms with E-state index in [0.29, 0.717) is 18.0 Å². The predicted molar refractivity (Wildman–Crippen MR) is 124 cm³/mol. The molecule has 1 aliphatic heterocycles. The number of aryl methyl sites for hydroxylation is 2. The van der Waals surface area contributed by atoms with Crippen LogP contribution >= 0.6 is 0 Å². The second-order valence-electron chi connectivity index (χ2n) is 7.99. The Morgan fingerprint density at radius 3 is 2.26 bits per heavy atom. The van der Waals surface area contributed by atoms with Crippen molar-refractivity contribution in [1.29, 1.82) is 0 Å². The van der Waals surface area contributed by atoms with E-state index in [0.717, 1.165) is 43.0 Å². The molecule has 0 spiro atoms. The third-order valence-electron chi connectivity index (χ3n) is 5.81. The molecule has 166 valence electrons. The summed E-state index contributed by atoms with van der Waals surface area (Å²) in [5.41, 5.74) is 3.69. The zero-order valence-corrected chi connectivity index (χ0v) is 18.8. The number of carbonyl (C=O) groups is 2. The van der Waals surface area contributed by atoms with Gasteiger partial charge in [0.2, 0.25) is 11.8 Å². The first-order valence-corrected chi connectivity index (χ1v) is 10.7.